The number of hydrogen-bond donors (Lipinski definition) is 0. The lowest BCUT2D eigenvalue weighted by Crippen LogP contribution is -2.01. The molecule has 0 radical (unpaired) electrons. The Morgan fingerprint density at radius 3 is 2.26 bits per heavy atom. The molecule has 19 heavy (non-hydrogen) atoms. The fraction of sp³-hybridized carbons (Fsp3) is 0. The molecule has 7 heteroatoms. The summed E-state index contributed by atoms with van der Waals surface area (Å²) >= 11 is 0. The molecule has 0 bridgehead atoms. The minimum atomic E-state index is -2.10. The first kappa shape index (κ1) is 14.6. The molecular weight excluding hydrogens is 266 g/mol. The van der Waals surface area contributed by atoms with Crippen LogP contribution in [0.25, 0.3) is 0 Å². The second-order valence-electron chi connectivity index (χ2n) is 3.20. The average molecular weight is 272 g/mol. The molecule has 1 aromatic carbocycles. The number of allylic oxidation sites excluding steroid dienone is 3. The number of ketones is 1. The molecule has 0 spiro atoms. The summed E-state index contributed by atoms with van der Waals surface area (Å²) in [5.74, 6) is -8.27. The minimum Gasteiger partial charge on any atom is -0.872 e. The van der Waals surface area contributed by atoms with Crippen LogP contribution >= 0.6 is 0 Å². The number of halogens is 4. The van der Waals surface area contributed by atoms with E-state index in [2.05, 4.69) is 4.99 Å². The van der Waals surface area contributed by atoms with Crippen LogP contribution in [0.1, 0.15) is 0 Å². The average Bonchev–Trinajstić information content (AvgIpc) is 2.43. The Labute approximate surface area is 105 Å². The van der Waals surface area contributed by atoms with Crippen LogP contribution in [-0.4, -0.2) is 12.0 Å². The molecule has 0 saturated carbocycles. The molecule has 0 aliphatic rings. The maximum absolute atomic E-state index is 13.1. The van der Waals surface area contributed by atoms with Crippen molar-refractivity contribution >= 4 is 17.7 Å². The van der Waals surface area contributed by atoms with Gasteiger partial charge in [0.2, 0.25) is 11.7 Å². The highest BCUT2D eigenvalue weighted by Crippen LogP contribution is 2.17. The third-order valence-corrected chi connectivity index (χ3v) is 1.89. The van der Waals surface area contributed by atoms with Gasteiger partial charge in [0.25, 0.3) is 5.78 Å². The van der Waals surface area contributed by atoms with Crippen LogP contribution in [0, 0.1) is 0 Å². The zero-order valence-electron chi connectivity index (χ0n) is 9.24. The summed E-state index contributed by atoms with van der Waals surface area (Å²) in [7, 11) is 0. The first-order chi connectivity index (χ1) is 8.95. The highest BCUT2D eigenvalue weighted by molar-refractivity contribution is 6.07. The standard InChI is InChI=1S/C12H7F4NO2/c13-5-9(14)12(19)11(16)10(15)6-17-7-1-3-8(18)4-2-7/h1-6,18H/p-1/b9-5-,11-10+,17-6?. The molecule has 0 N–H and O–H groups in total. The molecule has 1 rings (SSSR count). The summed E-state index contributed by atoms with van der Waals surface area (Å²) in [6, 6.07) is 4.74. The van der Waals surface area contributed by atoms with Crippen molar-refractivity contribution in [2.75, 3.05) is 0 Å². The van der Waals surface area contributed by atoms with Gasteiger partial charge < -0.3 is 5.11 Å². The maximum Gasteiger partial charge on any atom is 0.255 e. The number of rotatable bonds is 4. The van der Waals surface area contributed by atoms with E-state index in [0.29, 0.717) is 6.21 Å². The molecule has 0 unspecified atom stereocenters. The molecule has 0 aliphatic heterocycles. The topological polar surface area (TPSA) is 52.5 Å². The molecule has 1 aromatic rings. The Hall–Kier alpha value is -2.44. The van der Waals surface area contributed by atoms with E-state index in [1.54, 1.807) is 0 Å². The van der Waals surface area contributed by atoms with Crippen LogP contribution in [0.2, 0.25) is 0 Å². The molecule has 0 fully saturated rings. The monoisotopic (exact) mass is 272 g/mol. The van der Waals surface area contributed by atoms with Crippen molar-refractivity contribution in [3.63, 3.8) is 0 Å². The van der Waals surface area contributed by atoms with Crippen molar-refractivity contribution in [2.24, 2.45) is 4.99 Å². The summed E-state index contributed by atoms with van der Waals surface area (Å²) in [5, 5.41) is 10.7. The Morgan fingerprint density at radius 1 is 1.16 bits per heavy atom. The number of carbonyl (C=O) groups excluding carboxylic acids is 1. The van der Waals surface area contributed by atoms with Gasteiger partial charge in [-0.2, -0.15) is 8.78 Å². The summed E-state index contributed by atoms with van der Waals surface area (Å²) in [4.78, 5) is 14.1. The van der Waals surface area contributed by atoms with Crippen molar-refractivity contribution in [1.82, 2.24) is 0 Å². The van der Waals surface area contributed by atoms with Crippen LogP contribution in [0.5, 0.6) is 5.75 Å². The summed E-state index contributed by atoms with van der Waals surface area (Å²) in [5.41, 5.74) is 0.122. The van der Waals surface area contributed by atoms with Gasteiger partial charge in [0, 0.05) is 0 Å². The molecular formula is C12H6F4NO2-. The number of aliphatic imine (C=N–C) groups is 1. The second-order valence-corrected chi connectivity index (χ2v) is 3.20. The Bertz CT molecular complexity index is 562. The largest absolute Gasteiger partial charge is 0.872 e. The third-order valence-electron chi connectivity index (χ3n) is 1.89. The van der Waals surface area contributed by atoms with Crippen molar-refractivity contribution in [1.29, 1.82) is 0 Å². The Morgan fingerprint density at radius 2 is 1.74 bits per heavy atom. The van der Waals surface area contributed by atoms with E-state index >= 15 is 0 Å². The number of benzene rings is 1. The normalized spacial score (nSPS) is 13.6. The van der Waals surface area contributed by atoms with Gasteiger partial charge in [0.05, 0.1) is 11.9 Å². The SMILES string of the molecule is O=C(/C(F)=C/F)/C(F)=C(\F)C=Nc1ccc([O-])cc1. The van der Waals surface area contributed by atoms with Crippen LogP contribution in [-0.2, 0) is 4.79 Å². The predicted octanol–water partition coefficient (Wildman–Crippen LogP) is 2.96. The first-order valence-electron chi connectivity index (χ1n) is 4.82. The van der Waals surface area contributed by atoms with E-state index in [1.165, 1.54) is 12.1 Å². The van der Waals surface area contributed by atoms with Crippen LogP contribution in [0.3, 0.4) is 0 Å². The number of nitrogens with zero attached hydrogens (tertiary/aromatic N) is 1. The van der Waals surface area contributed by atoms with Crippen molar-refractivity contribution < 1.29 is 27.5 Å². The molecule has 0 atom stereocenters. The van der Waals surface area contributed by atoms with Gasteiger partial charge in [-0.1, -0.05) is 12.1 Å². The zero-order chi connectivity index (χ0) is 14.4. The van der Waals surface area contributed by atoms with E-state index in [-0.39, 0.29) is 11.4 Å². The lowest BCUT2D eigenvalue weighted by molar-refractivity contribution is -0.268. The lowest BCUT2D eigenvalue weighted by Gasteiger charge is -2.02. The fourth-order valence-corrected chi connectivity index (χ4v) is 0.983. The molecule has 0 saturated heterocycles. The van der Waals surface area contributed by atoms with Gasteiger partial charge in [-0.15, -0.1) is 5.75 Å². The molecule has 0 aromatic heterocycles. The Kier molecular flexibility index (Phi) is 4.99. The first-order valence-corrected chi connectivity index (χ1v) is 4.82. The van der Waals surface area contributed by atoms with Gasteiger partial charge in [-0.3, -0.25) is 9.79 Å². The smallest absolute Gasteiger partial charge is 0.255 e. The van der Waals surface area contributed by atoms with Crippen LogP contribution in [0.15, 0.2) is 53.1 Å². The molecule has 0 heterocycles. The number of carbonyl (C=O) groups is 1. The van der Waals surface area contributed by atoms with Crippen molar-refractivity contribution in [3.8, 4) is 5.75 Å². The van der Waals surface area contributed by atoms with E-state index in [1.807, 2.05) is 0 Å². The van der Waals surface area contributed by atoms with Crippen LogP contribution in [0.4, 0.5) is 23.2 Å². The number of hydrogen-bond acceptors (Lipinski definition) is 3. The highest BCUT2D eigenvalue weighted by Gasteiger charge is 2.19. The molecule has 3 nitrogen and oxygen atoms in total. The maximum atomic E-state index is 13.1. The second kappa shape index (κ2) is 6.48. The van der Waals surface area contributed by atoms with E-state index in [0.717, 1.165) is 12.1 Å². The van der Waals surface area contributed by atoms with Crippen molar-refractivity contribution in [3.05, 3.63) is 48.1 Å². The lowest BCUT2D eigenvalue weighted by atomic mass is 10.3. The minimum absolute atomic E-state index is 0.122. The van der Waals surface area contributed by atoms with E-state index in [4.69, 9.17) is 0 Å². The van der Waals surface area contributed by atoms with Crippen LogP contribution < -0.4 is 5.11 Å². The van der Waals surface area contributed by atoms with Gasteiger partial charge >= 0.3 is 0 Å². The van der Waals surface area contributed by atoms with E-state index < -0.39 is 29.6 Å². The van der Waals surface area contributed by atoms with Gasteiger partial charge in [0.1, 0.15) is 6.33 Å². The Balaban J connectivity index is 2.91. The van der Waals surface area contributed by atoms with Gasteiger partial charge in [0.15, 0.2) is 5.83 Å². The van der Waals surface area contributed by atoms with E-state index in [9.17, 15) is 27.5 Å². The fourth-order valence-electron chi connectivity index (χ4n) is 0.983. The highest BCUT2D eigenvalue weighted by atomic mass is 19.2. The summed E-state index contributed by atoms with van der Waals surface area (Å²) < 4.78 is 50.0. The zero-order valence-corrected chi connectivity index (χ0v) is 9.24. The predicted molar refractivity (Wildman–Crippen MR) is 58.6 cm³/mol. The van der Waals surface area contributed by atoms with Crippen molar-refractivity contribution in [2.45, 2.75) is 0 Å². The molecule has 100 valence electrons. The molecule has 0 amide bonds. The summed E-state index contributed by atoms with van der Waals surface area (Å²) in [6.07, 6.45) is -0.460. The third kappa shape index (κ3) is 4.06. The summed E-state index contributed by atoms with van der Waals surface area (Å²) in [6.45, 7) is 0. The molecule has 0 aliphatic carbocycles. The van der Waals surface area contributed by atoms with Gasteiger partial charge in [-0.25, -0.2) is 8.78 Å². The van der Waals surface area contributed by atoms with Gasteiger partial charge in [-0.05, 0) is 12.1 Å². The quantitative estimate of drug-likeness (QED) is 0.480. The number of Topliss-reactive ketones (excluding diaryl/α,β-unsaturated/α-hetero) is 1.